The van der Waals surface area contributed by atoms with E-state index in [0.29, 0.717) is 6.54 Å². The maximum absolute atomic E-state index is 12.6. The molecule has 0 aromatic heterocycles. The number of benzene rings is 2. The number of sulfonamides is 1. The van der Waals surface area contributed by atoms with Crippen LogP contribution in [0.4, 0.5) is 0 Å². The number of hydrogen-bond donors (Lipinski definition) is 2. The second-order valence-corrected chi connectivity index (χ2v) is 8.73. The molecule has 164 valence electrons. The SMILES string of the molecule is COCCNS(=O)(=O)c1cc(C(=O)NCc2ccc(CN(C)C)cc2)ccc1OC. The van der Waals surface area contributed by atoms with E-state index in [2.05, 4.69) is 14.9 Å². The molecule has 0 radical (unpaired) electrons. The third kappa shape index (κ3) is 6.81. The number of carbonyl (C=O) groups excluding carboxylic acids is 1. The molecule has 9 heteroatoms. The number of nitrogens with one attached hydrogen (secondary N) is 2. The third-order valence-electron chi connectivity index (χ3n) is 4.29. The van der Waals surface area contributed by atoms with Gasteiger partial charge in [0.2, 0.25) is 10.0 Å². The van der Waals surface area contributed by atoms with Crippen molar-refractivity contribution >= 4 is 15.9 Å². The fourth-order valence-corrected chi connectivity index (χ4v) is 4.00. The van der Waals surface area contributed by atoms with Crippen LogP contribution in [-0.2, 0) is 27.8 Å². The van der Waals surface area contributed by atoms with Crippen molar-refractivity contribution in [3.05, 3.63) is 59.2 Å². The lowest BCUT2D eigenvalue weighted by Gasteiger charge is -2.13. The van der Waals surface area contributed by atoms with Gasteiger partial charge < -0.3 is 19.7 Å². The Kier molecular flexibility index (Phi) is 8.79. The second kappa shape index (κ2) is 11.1. The highest BCUT2D eigenvalue weighted by Crippen LogP contribution is 2.24. The Morgan fingerprint density at radius 3 is 2.30 bits per heavy atom. The first-order chi connectivity index (χ1) is 14.3. The molecule has 0 aliphatic carbocycles. The van der Waals surface area contributed by atoms with Gasteiger partial charge in [-0.1, -0.05) is 24.3 Å². The largest absolute Gasteiger partial charge is 0.495 e. The summed E-state index contributed by atoms with van der Waals surface area (Å²) in [5.41, 5.74) is 2.36. The number of carbonyl (C=O) groups is 1. The van der Waals surface area contributed by atoms with Crippen molar-refractivity contribution in [1.82, 2.24) is 14.9 Å². The van der Waals surface area contributed by atoms with Gasteiger partial charge in [-0.15, -0.1) is 0 Å². The zero-order valence-electron chi connectivity index (χ0n) is 17.8. The molecule has 0 heterocycles. The molecule has 0 aliphatic heterocycles. The molecule has 0 atom stereocenters. The minimum Gasteiger partial charge on any atom is -0.495 e. The first-order valence-electron chi connectivity index (χ1n) is 9.44. The van der Waals surface area contributed by atoms with E-state index in [9.17, 15) is 13.2 Å². The van der Waals surface area contributed by atoms with E-state index >= 15 is 0 Å². The van der Waals surface area contributed by atoms with Crippen LogP contribution < -0.4 is 14.8 Å². The van der Waals surface area contributed by atoms with Gasteiger partial charge in [0.05, 0.1) is 13.7 Å². The molecule has 0 saturated heterocycles. The van der Waals surface area contributed by atoms with Gasteiger partial charge in [0.25, 0.3) is 5.91 Å². The maximum Gasteiger partial charge on any atom is 0.251 e. The monoisotopic (exact) mass is 435 g/mol. The Morgan fingerprint density at radius 2 is 1.70 bits per heavy atom. The average molecular weight is 436 g/mol. The van der Waals surface area contributed by atoms with Gasteiger partial charge in [-0.3, -0.25) is 4.79 Å². The summed E-state index contributed by atoms with van der Waals surface area (Å²) in [5.74, 6) is -0.212. The molecule has 0 unspecified atom stereocenters. The van der Waals surface area contributed by atoms with Gasteiger partial charge in [-0.25, -0.2) is 13.1 Å². The van der Waals surface area contributed by atoms with Crippen molar-refractivity contribution in [3.63, 3.8) is 0 Å². The van der Waals surface area contributed by atoms with Crippen LogP contribution in [0.2, 0.25) is 0 Å². The van der Waals surface area contributed by atoms with Gasteiger partial charge in [-0.2, -0.15) is 0 Å². The first kappa shape index (κ1) is 23.8. The van der Waals surface area contributed by atoms with E-state index in [1.54, 1.807) is 0 Å². The molecule has 2 aromatic rings. The Hall–Kier alpha value is -2.46. The molecule has 2 N–H and O–H groups in total. The second-order valence-electron chi connectivity index (χ2n) is 6.99. The zero-order valence-corrected chi connectivity index (χ0v) is 18.6. The molecule has 1 amide bonds. The predicted octanol–water partition coefficient (Wildman–Crippen LogP) is 1.61. The zero-order chi connectivity index (χ0) is 22.1. The van der Waals surface area contributed by atoms with E-state index in [1.807, 2.05) is 38.4 Å². The highest BCUT2D eigenvalue weighted by Gasteiger charge is 2.21. The van der Waals surface area contributed by atoms with Crippen molar-refractivity contribution in [2.24, 2.45) is 0 Å². The van der Waals surface area contributed by atoms with Crippen LogP contribution >= 0.6 is 0 Å². The van der Waals surface area contributed by atoms with Crippen LogP contribution in [-0.4, -0.2) is 60.7 Å². The smallest absolute Gasteiger partial charge is 0.251 e. The molecule has 0 saturated carbocycles. The minimum atomic E-state index is -3.85. The summed E-state index contributed by atoms with van der Waals surface area (Å²) < 4.78 is 37.6. The highest BCUT2D eigenvalue weighted by atomic mass is 32.2. The van der Waals surface area contributed by atoms with Crippen molar-refractivity contribution < 1.29 is 22.7 Å². The van der Waals surface area contributed by atoms with Crippen LogP contribution in [0.25, 0.3) is 0 Å². The van der Waals surface area contributed by atoms with Crippen molar-refractivity contribution in [2.45, 2.75) is 18.0 Å². The lowest BCUT2D eigenvalue weighted by Crippen LogP contribution is -2.28. The van der Waals surface area contributed by atoms with Crippen molar-refractivity contribution in [1.29, 1.82) is 0 Å². The number of rotatable bonds is 11. The summed E-state index contributed by atoms with van der Waals surface area (Å²) in [4.78, 5) is 14.6. The van der Waals surface area contributed by atoms with Crippen LogP contribution in [0.1, 0.15) is 21.5 Å². The predicted molar refractivity (Wildman–Crippen MR) is 115 cm³/mol. The summed E-state index contributed by atoms with van der Waals surface area (Å²) >= 11 is 0. The number of nitrogens with zero attached hydrogens (tertiary/aromatic N) is 1. The molecule has 8 nitrogen and oxygen atoms in total. The normalized spacial score (nSPS) is 11.5. The summed E-state index contributed by atoms with van der Waals surface area (Å²) in [5, 5.41) is 2.82. The number of hydrogen-bond acceptors (Lipinski definition) is 6. The van der Waals surface area contributed by atoms with Gasteiger partial charge in [0.15, 0.2) is 0 Å². The number of ether oxygens (including phenoxy) is 2. The van der Waals surface area contributed by atoms with E-state index in [-0.39, 0.29) is 35.3 Å². The Labute approximate surface area is 178 Å². The number of amides is 1. The van der Waals surface area contributed by atoms with Gasteiger partial charge in [-0.05, 0) is 43.4 Å². The van der Waals surface area contributed by atoms with Gasteiger partial charge in [0.1, 0.15) is 10.6 Å². The van der Waals surface area contributed by atoms with Crippen LogP contribution in [0.3, 0.4) is 0 Å². The molecule has 2 aromatic carbocycles. The van der Waals surface area contributed by atoms with E-state index in [0.717, 1.165) is 12.1 Å². The molecular weight excluding hydrogens is 406 g/mol. The lowest BCUT2D eigenvalue weighted by atomic mass is 10.1. The molecule has 0 aliphatic rings. The fraction of sp³-hybridized carbons (Fsp3) is 0.381. The first-order valence-corrected chi connectivity index (χ1v) is 10.9. The third-order valence-corrected chi connectivity index (χ3v) is 5.77. The Balaban J connectivity index is 2.10. The molecule has 0 fully saturated rings. The number of methoxy groups -OCH3 is 2. The summed E-state index contributed by atoms with van der Waals surface area (Å²) in [6.07, 6.45) is 0. The fourth-order valence-electron chi connectivity index (χ4n) is 2.80. The van der Waals surface area contributed by atoms with Crippen LogP contribution in [0.5, 0.6) is 5.75 Å². The minimum absolute atomic E-state index is 0.0956. The lowest BCUT2D eigenvalue weighted by molar-refractivity contribution is 0.0950. The van der Waals surface area contributed by atoms with E-state index in [4.69, 9.17) is 9.47 Å². The quantitative estimate of drug-likeness (QED) is 0.521. The topological polar surface area (TPSA) is 97.0 Å². The Bertz CT molecular complexity index is 944. The molecule has 0 spiro atoms. The van der Waals surface area contributed by atoms with E-state index < -0.39 is 10.0 Å². The molecule has 0 bridgehead atoms. The van der Waals surface area contributed by atoms with Gasteiger partial charge in [0, 0.05) is 32.3 Å². The van der Waals surface area contributed by atoms with Crippen LogP contribution in [0, 0.1) is 0 Å². The van der Waals surface area contributed by atoms with Crippen LogP contribution in [0.15, 0.2) is 47.4 Å². The maximum atomic E-state index is 12.6. The standard InChI is InChI=1S/C21H29N3O5S/c1-24(2)15-17-7-5-16(6-8-17)14-22-21(25)18-9-10-19(29-4)20(13-18)30(26,27)23-11-12-28-3/h5-10,13,23H,11-12,14-15H2,1-4H3,(H,22,25). The van der Waals surface area contributed by atoms with E-state index in [1.165, 1.54) is 38.0 Å². The molecule has 2 rings (SSSR count). The summed E-state index contributed by atoms with van der Waals surface area (Å²) in [6, 6.07) is 12.3. The van der Waals surface area contributed by atoms with Gasteiger partial charge >= 0.3 is 0 Å². The summed E-state index contributed by atoms with van der Waals surface area (Å²) in [7, 11) is 3.02. The Morgan fingerprint density at radius 1 is 1.03 bits per heavy atom. The van der Waals surface area contributed by atoms with Crippen molar-refractivity contribution in [3.8, 4) is 5.75 Å². The molecule has 30 heavy (non-hydrogen) atoms. The average Bonchev–Trinajstić information content (AvgIpc) is 2.72. The summed E-state index contributed by atoms with van der Waals surface area (Å²) in [6.45, 7) is 1.52. The highest BCUT2D eigenvalue weighted by molar-refractivity contribution is 7.89. The van der Waals surface area contributed by atoms with Crippen molar-refractivity contribution in [2.75, 3.05) is 41.5 Å². The molecular formula is C21H29N3O5S.